The van der Waals surface area contributed by atoms with Gasteiger partial charge in [0, 0.05) is 17.6 Å². The first-order valence-electron chi connectivity index (χ1n) is 5.34. The molecular formula is C11H21PSi2. The molecule has 0 heterocycles. The summed E-state index contributed by atoms with van der Waals surface area (Å²) in [6.07, 6.45) is 0. The van der Waals surface area contributed by atoms with Gasteiger partial charge in [0.25, 0.3) is 0 Å². The van der Waals surface area contributed by atoms with Gasteiger partial charge in [0.1, 0.15) is 0 Å². The third kappa shape index (κ3) is 2.18. The van der Waals surface area contributed by atoms with Crippen LogP contribution in [-0.2, 0) is 4.40 Å². The van der Waals surface area contributed by atoms with Crippen LogP contribution >= 0.6 is 9.24 Å². The van der Waals surface area contributed by atoms with Gasteiger partial charge in [-0.15, -0.1) is 9.24 Å². The molecule has 0 fully saturated rings. The highest BCUT2D eigenvalue weighted by molar-refractivity contribution is 7.30. The van der Waals surface area contributed by atoms with E-state index >= 15 is 0 Å². The van der Waals surface area contributed by atoms with Crippen LogP contribution in [0.4, 0.5) is 0 Å². The average molecular weight is 240 g/mol. The van der Waals surface area contributed by atoms with Gasteiger partial charge in [-0.1, -0.05) is 56.5 Å². The van der Waals surface area contributed by atoms with E-state index in [1.54, 1.807) is 5.56 Å². The molecule has 0 saturated carbocycles. The predicted octanol–water partition coefficient (Wildman–Crippen LogP) is 2.81. The quantitative estimate of drug-likeness (QED) is 0.563. The van der Waals surface area contributed by atoms with Crippen LogP contribution in [0.15, 0.2) is 30.3 Å². The lowest BCUT2D eigenvalue weighted by Crippen LogP contribution is -2.44. The minimum atomic E-state index is -0.660. The Bertz CT molecular complexity index is 275. The second-order valence-corrected chi connectivity index (χ2v) is 14.1. The Kier molecular flexibility index (Phi) is 4.11. The highest BCUT2D eigenvalue weighted by Crippen LogP contribution is 2.36. The second-order valence-electron chi connectivity index (χ2n) is 4.61. The molecular weight excluding hydrogens is 219 g/mol. The third-order valence-electron chi connectivity index (χ3n) is 3.18. The molecule has 0 nitrogen and oxygen atoms in total. The molecule has 1 aromatic rings. The van der Waals surface area contributed by atoms with Crippen molar-refractivity contribution in [2.45, 2.75) is 30.6 Å². The van der Waals surface area contributed by atoms with Crippen LogP contribution in [0.5, 0.6) is 0 Å². The summed E-state index contributed by atoms with van der Waals surface area (Å²) in [6, 6.07) is 11.0. The fourth-order valence-corrected chi connectivity index (χ4v) is 9.30. The van der Waals surface area contributed by atoms with E-state index in [-0.39, 0.29) is 0 Å². The average Bonchev–Trinajstić information content (AvgIpc) is 2.17. The molecule has 0 N–H and O–H groups in total. The minimum absolute atomic E-state index is 0.487. The van der Waals surface area contributed by atoms with Crippen LogP contribution in [0.1, 0.15) is 5.56 Å². The van der Waals surface area contributed by atoms with Crippen molar-refractivity contribution < 1.29 is 0 Å². The maximum Gasteiger partial charge on any atom is 0.0436 e. The van der Waals surface area contributed by atoms with Crippen LogP contribution in [0.2, 0.25) is 26.2 Å². The van der Waals surface area contributed by atoms with Gasteiger partial charge in [-0.3, -0.25) is 0 Å². The van der Waals surface area contributed by atoms with Crippen LogP contribution in [0.25, 0.3) is 0 Å². The lowest BCUT2D eigenvalue weighted by molar-refractivity contribution is 1.17. The Morgan fingerprint density at radius 1 is 0.929 bits per heavy atom. The first-order valence-corrected chi connectivity index (χ1v) is 11.7. The Morgan fingerprint density at radius 3 is 1.71 bits per heavy atom. The van der Waals surface area contributed by atoms with Gasteiger partial charge in [-0.25, -0.2) is 0 Å². The Labute approximate surface area is 93.5 Å². The van der Waals surface area contributed by atoms with Gasteiger partial charge < -0.3 is 0 Å². The predicted molar refractivity (Wildman–Crippen MR) is 75.6 cm³/mol. The van der Waals surface area contributed by atoms with Gasteiger partial charge in [0.2, 0.25) is 0 Å². The van der Waals surface area contributed by atoms with Gasteiger partial charge in [-0.2, -0.15) is 0 Å². The van der Waals surface area contributed by atoms with E-state index in [0.29, 0.717) is 4.40 Å². The molecule has 0 saturated heterocycles. The maximum atomic E-state index is 3.18. The van der Waals surface area contributed by atoms with Crippen LogP contribution < -0.4 is 0 Å². The Balaban J connectivity index is 3.13. The molecule has 0 radical (unpaired) electrons. The van der Waals surface area contributed by atoms with Crippen molar-refractivity contribution in [2.24, 2.45) is 0 Å². The van der Waals surface area contributed by atoms with Crippen molar-refractivity contribution in [3.8, 4) is 0 Å². The Hall–Kier alpha value is 0.0838. The SMILES string of the molecule is C[SiH](C)C(P)(c1ccccc1)[SiH](C)C. The standard InChI is InChI=1S/C11H21PSi2/c1-13(2)11(12,14(3)4)10-8-6-5-7-9-10/h5-9,13-14H,12H2,1-4H3. The molecule has 0 aromatic heterocycles. The van der Waals surface area contributed by atoms with E-state index in [1.165, 1.54) is 0 Å². The summed E-state index contributed by atoms with van der Waals surface area (Å²) in [5, 5.41) is 0. The molecule has 78 valence electrons. The van der Waals surface area contributed by atoms with Crippen molar-refractivity contribution in [1.82, 2.24) is 0 Å². The monoisotopic (exact) mass is 240 g/mol. The van der Waals surface area contributed by atoms with Crippen molar-refractivity contribution in [3.05, 3.63) is 35.9 Å². The molecule has 1 rings (SSSR count). The van der Waals surface area contributed by atoms with E-state index in [1.807, 2.05) is 0 Å². The van der Waals surface area contributed by atoms with Gasteiger partial charge in [0.15, 0.2) is 0 Å². The molecule has 0 spiro atoms. The molecule has 0 aliphatic heterocycles. The van der Waals surface area contributed by atoms with Gasteiger partial charge in [0.05, 0.1) is 0 Å². The molecule has 1 unspecified atom stereocenters. The van der Waals surface area contributed by atoms with Gasteiger partial charge in [-0.05, 0) is 9.97 Å². The van der Waals surface area contributed by atoms with E-state index in [2.05, 4.69) is 65.8 Å². The van der Waals surface area contributed by atoms with Crippen molar-refractivity contribution in [3.63, 3.8) is 0 Å². The van der Waals surface area contributed by atoms with Gasteiger partial charge >= 0.3 is 0 Å². The van der Waals surface area contributed by atoms with Crippen LogP contribution in [0.3, 0.4) is 0 Å². The lowest BCUT2D eigenvalue weighted by Gasteiger charge is -2.37. The summed E-state index contributed by atoms with van der Waals surface area (Å²) in [5.41, 5.74) is 1.55. The first-order chi connectivity index (χ1) is 6.49. The molecule has 1 aromatic carbocycles. The molecule has 14 heavy (non-hydrogen) atoms. The molecule has 3 heteroatoms. The molecule has 1 atom stereocenters. The molecule has 0 aliphatic rings. The fourth-order valence-electron chi connectivity index (χ4n) is 2.06. The van der Waals surface area contributed by atoms with E-state index < -0.39 is 17.6 Å². The molecule has 0 aliphatic carbocycles. The molecule has 0 amide bonds. The van der Waals surface area contributed by atoms with E-state index in [0.717, 1.165) is 0 Å². The summed E-state index contributed by atoms with van der Waals surface area (Å²) in [4.78, 5) is 0. The third-order valence-corrected chi connectivity index (χ3v) is 16.0. The first kappa shape index (κ1) is 12.2. The Morgan fingerprint density at radius 2 is 1.36 bits per heavy atom. The summed E-state index contributed by atoms with van der Waals surface area (Å²) in [5.74, 6) is 0. The van der Waals surface area contributed by atoms with E-state index in [9.17, 15) is 0 Å². The van der Waals surface area contributed by atoms with Crippen LogP contribution in [0, 0.1) is 0 Å². The number of hydrogen-bond donors (Lipinski definition) is 0. The van der Waals surface area contributed by atoms with Crippen molar-refractivity contribution in [2.75, 3.05) is 0 Å². The molecule has 0 bridgehead atoms. The topological polar surface area (TPSA) is 0 Å². The summed E-state index contributed by atoms with van der Waals surface area (Å²) in [6.45, 7) is 9.86. The smallest absolute Gasteiger partial charge is 0.0436 e. The number of benzene rings is 1. The normalized spacial score (nSPS) is 12.5. The highest BCUT2D eigenvalue weighted by atomic mass is 31.0. The maximum absolute atomic E-state index is 3.18. The minimum Gasteiger partial charge on any atom is -0.133 e. The largest absolute Gasteiger partial charge is 0.133 e. The lowest BCUT2D eigenvalue weighted by atomic mass is 10.2. The van der Waals surface area contributed by atoms with E-state index in [4.69, 9.17) is 0 Å². The highest BCUT2D eigenvalue weighted by Gasteiger charge is 2.35. The zero-order chi connectivity index (χ0) is 10.8. The van der Waals surface area contributed by atoms with Crippen LogP contribution in [-0.4, -0.2) is 17.6 Å². The number of rotatable bonds is 3. The summed E-state index contributed by atoms with van der Waals surface area (Å²) in [7, 11) is 1.86. The summed E-state index contributed by atoms with van der Waals surface area (Å²) < 4.78 is 0.487. The van der Waals surface area contributed by atoms with Crippen molar-refractivity contribution in [1.29, 1.82) is 0 Å². The van der Waals surface area contributed by atoms with Crippen molar-refractivity contribution >= 4 is 26.8 Å². The summed E-state index contributed by atoms with van der Waals surface area (Å²) >= 11 is 0. The number of hydrogen-bond acceptors (Lipinski definition) is 0. The second kappa shape index (κ2) is 4.74. The zero-order valence-corrected chi connectivity index (χ0v) is 13.1. The zero-order valence-electron chi connectivity index (χ0n) is 9.62. The fraction of sp³-hybridized carbons (Fsp3) is 0.455.